The molecule has 5 nitrogen and oxygen atoms in total. The lowest BCUT2D eigenvalue weighted by molar-refractivity contribution is -0.149. The molecule has 6 heteroatoms. The molecule has 1 unspecified atom stereocenters. The van der Waals surface area contributed by atoms with Gasteiger partial charge in [-0.15, -0.1) is 0 Å². The first-order chi connectivity index (χ1) is 5.45. The van der Waals surface area contributed by atoms with Gasteiger partial charge >= 0.3 is 5.97 Å². The molecule has 1 atom stereocenters. The van der Waals surface area contributed by atoms with Crippen molar-refractivity contribution >= 4 is 15.9 Å². The molecule has 1 aliphatic heterocycles. The van der Waals surface area contributed by atoms with E-state index < -0.39 is 9.92 Å². The second-order valence-corrected chi connectivity index (χ2v) is 4.99. The van der Waals surface area contributed by atoms with Crippen molar-refractivity contribution in [2.45, 2.75) is 0 Å². The zero-order chi connectivity index (χ0) is 9.35. The van der Waals surface area contributed by atoms with Gasteiger partial charge in [0.15, 0.2) is 0 Å². The SMILES string of the molecule is COC(=O)C1CN(S(C)(=N)=O)C1. The Labute approximate surface area is 71.8 Å². The van der Waals surface area contributed by atoms with E-state index >= 15 is 0 Å². The summed E-state index contributed by atoms with van der Waals surface area (Å²) in [5.41, 5.74) is 0. The number of methoxy groups -OCH3 is 1. The Morgan fingerprint density at radius 1 is 1.67 bits per heavy atom. The number of nitrogens with zero attached hydrogens (tertiary/aromatic N) is 1. The predicted molar refractivity (Wildman–Crippen MR) is 43.9 cm³/mol. The Bertz CT molecular complexity index is 279. The molecule has 0 radical (unpaired) electrons. The fourth-order valence-electron chi connectivity index (χ4n) is 1.04. The van der Waals surface area contributed by atoms with Crippen LogP contribution in [0.2, 0.25) is 0 Å². The third kappa shape index (κ3) is 1.75. The van der Waals surface area contributed by atoms with E-state index in [1.165, 1.54) is 17.7 Å². The number of hydrogen-bond acceptors (Lipinski definition) is 4. The van der Waals surface area contributed by atoms with Crippen LogP contribution < -0.4 is 0 Å². The Kier molecular flexibility index (Phi) is 2.39. The smallest absolute Gasteiger partial charge is 0.311 e. The molecule has 70 valence electrons. The summed E-state index contributed by atoms with van der Waals surface area (Å²) in [7, 11) is -1.29. The molecule has 0 aromatic heterocycles. The molecule has 0 saturated carbocycles. The number of ether oxygens (including phenoxy) is 1. The van der Waals surface area contributed by atoms with Gasteiger partial charge in [-0.2, -0.15) is 0 Å². The van der Waals surface area contributed by atoms with Crippen LogP contribution in [0.5, 0.6) is 0 Å². The molecule has 0 aliphatic carbocycles. The molecule has 1 rings (SSSR count). The molecule has 0 aromatic rings. The van der Waals surface area contributed by atoms with Gasteiger partial charge in [0, 0.05) is 19.3 Å². The van der Waals surface area contributed by atoms with Gasteiger partial charge in [0.25, 0.3) is 0 Å². The van der Waals surface area contributed by atoms with Gasteiger partial charge in [0.05, 0.1) is 13.0 Å². The average molecular weight is 192 g/mol. The maximum absolute atomic E-state index is 11.1. The fraction of sp³-hybridized carbons (Fsp3) is 0.833. The van der Waals surface area contributed by atoms with E-state index in [4.69, 9.17) is 4.78 Å². The molecule has 12 heavy (non-hydrogen) atoms. The summed E-state index contributed by atoms with van der Waals surface area (Å²) in [4.78, 5) is 10.9. The molecule has 1 fully saturated rings. The molecule has 0 aromatic carbocycles. The summed E-state index contributed by atoms with van der Waals surface area (Å²) in [5.74, 6) is -0.476. The largest absolute Gasteiger partial charge is 0.469 e. The molecule has 0 spiro atoms. The lowest BCUT2D eigenvalue weighted by Gasteiger charge is -2.36. The average Bonchev–Trinajstić information content (AvgIpc) is 1.80. The van der Waals surface area contributed by atoms with Crippen LogP contribution in [0.3, 0.4) is 0 Å². The highest BCUT2D eigenvalue weighted by Gasteiger charge is 2.36. The van der Waals surface area contributed by atoms with Crippen molar-refractivity contribution in [2.75, 3.05) is 26.5 Å². The van der Waals surface area contributed by atoms with E-state index in [9.17, 15) is 9.00 Å². The van der Waals surface area contributed by atoms with Crippen molar-refractivity contribution in [3.63, 3.8) is 0 Å². The maximum atomic E-state index is 11.1. The summed E-state index contributed by atoms with van der Waals surface area (Å²) in [5, 5.41) is 0. The first-order valence-corrected chi connectivity index (χ1v) is 5.44. The van der Waals surface area contributed by atoms with Crippen molar-refractivity contribution in [3.8, 4) is 0 Å². The molecule has 1 aliphatic rings. The van der Waals surface area contributed by atoms with E-state index in [1.54, 1.807) is 0 Å². The first kappa shape index (κ1) is 9.47. The minimum atomic E-state index is -2.62. The zero-order valence-electron chi connectivity index (χ0n) is 7.07. The summed E-state index contributed by atoms with van der Waals surface area (Å²) >= 11 is 0. The van der Waals surface area contributed by atoms with Gasteiger partial charge in [0.2, 0.25) is 0 Å². The van der Waals surface area contributed by atoms with Crippen LogP contribution in [-0.2, 0) is 19.4 Å². The van der Waals surface area contributed by atoms with Crippen molar-refractivity contribution in [1.82, 2.24) is 4.31 Å². The van der Waals surface area contributed by atoms with Crippen LogP contribution >= 0.6 is 0 Å². The molecule has 1 N–H and O–H groups in total. The third-order valence-corrected chi connectivity index (χ3v) is 3.16. The second kappa shape index (κ2) is 3.02. The topological polar surface area (TPSA) is 70.5 Å². The summed E-state index contributed by atoms with van der Waals surface area (Å²) < 4.78 is 24.2. The van der Waals surface area contributed by atoms with Crippen LogP contribution in [0.15, 0.2) is 0 Å². The molecule has 0 bridgehead atoms. The quantitative estimate of drug-likeness (QED) is 0.610. The third-order valence-electron chi connectivity index (χ3n) is 1.88. The number of nitrogens with one attached hydrogen (secondary N) is 1. The van der Waals surface area contributed by atoms with E-state index in [0.717, 1.165) is 0 Å². The van der Waals surface area contributed by atoms with E-state index in [-0.39, 0.29) is 11.9 Å². The molecule has 0 amide bonds. The summed E-state index contributed by atoms with van der Waals surface area (Å²) in [6, 6.07) is 0. The number of carbonyl (C=O) groups is 1. The van der Waals surface area contributed by atoms with Gasteiger partial charge in [0.1, 0.15) is 9.92 Å². The maximum Gasteiger partial charge on any atom is 0.311 e. The Hall–Kier alpha value is -0.620. The van der Waals surface area contributed by atoms with Gasteiger partial charge in [-0.25, -0.2) is 13.3 Å². The molecule has 1 saturated heterocycles. The van der Waals surface area contributed by atoms with Gasteiger partial charge in [-0.3, -0.25) is 4.79 Å². The van der Waals surface area contributed by atoms with E-state index in [1.807, 2.05) is 0 Å². The van der Waals surface area contributed by atoms with Crippen LogP contribution in [0.1, 0.15) is 0 Å². The number of hydrogen-bond donors (Lipinski definition) is 1. The lowest BCUT2D eigenvalue weighted by atomic mass is 10.0. The Balaban J connectivity index is 2.44. The van der Waals surface area contributed by atoms with Crippen LogP contribution in [0.25, 0.3) is 0 Å². The van der Waals surface area contributed by atoms with E-state index in [0.29, 0.717) is 13.1 Å². The summed E-state index contributed by atoms with van der Waals surface area (Å²) in [6.07, 6.45) is 1.35. The first-order valence-electron chi connectivity index (χ1n) is 3.52. The Morgan fingerprint density at radius 3 is 2.50 bits per heavy atom. The van der Waals surface area contributed by atoms with Crippen molar-refractivity contribution in [2.24, 2.45) is 5.92 Å². The number of rotatable bonds is 2. The highest BCUT2D eigenvalue weighted by molar-refractivity contribution is 7.89. The van der Waals surface area contributed by atoms with Crippen LogP contribution in [-0.4, -0.2) is 40.9 Å². The normalized spacial score (nSPS) is 24.2. The zero-order valence-corrected chi connectivity index (χ0v) is 7.89. The van der Waals surface area contributed by atoms with Crippen molar-refractivity contribution in [1.29, 1.82) is 4.78 Å². The molecule has 1 heterocycles. The van der Waals surface area contributed by atoms with Crippen LogP contribution in [0.4, 0.5) is 0 Å². The highest BCUT2D eigenvalue weighted by Crippen LogP contribution is 2.19. The van der Waals surface area contributed by atoms with Gasteiger partial charge in [-0.05, 0) is 0 Å². The fourth-order valence-corrected chi connectivity index (χ4v) is 1.97. The molecular weight excluding hydrogens is 180 g/mol. The minimum absolute atomic E-state index is 0.193. The van der Waals surface area contributed by atoms with Crippen molar-refractivity contribution < 1.29 is 13.7 Å². The van der Waals surface area contributed by atoms with Gasteiger partial charge in [-0.1, -0.05) is 0 Å². The van der Waals surface area contributed by atoms with Crippen LogP contribution in [0, 0.1) is 10.7 Å². The van der Waals surface area contributed by atoms with Crippen molar-refractivity contribution in [3.05, 3.63) is 0 Å². The number of esters is 1. The second-order valence-electron chi connectivity index (χ2n) is 2.87. The predicted octanol–water partition coefficient (Wildman–Crippen LogP) is -0.317. The highest BCUT2D eigenvalue weighted by atomic mass is 32.2. The van der Waals surface area contributed by atoms with Gasteiger partial charge < -0.3 is 4.74 Å². The summed E-state index contributed by atoms with van der Waals surface area (Å²) in [6.45, 7) is 0.761. The minimum Gasteiger partial charge on any atom is -0.469 e. The lowest BCUT2D eigenvalue weighted by Crippen LogP contribution is -2.52. The standard InChI is InChI=1S/C6H12N2O3S/c1-11-6(9)5-3-8(4-5)12(2,7)10/h5,7H,3-4H2,1-2H3. The monoisotopic (exact) mass is 192 g/mol. The van der Waals surface area contributed by atoms with E-state index in [2.05, 4.69) is 4.74 Å². The number of carbonyl (C=O) groups excluding carboxylic acids is 1. The Morgan fingerprint density at radius 2 is 2.17 bits per heavy atom. The molecular formula is C6H12N2O3S.